The van der Waals surface area contributed by atoms with Gasteiger partial charge < -0.3 is 10.2 Å². The summed E-state index contributed by atoms with van der Waals surface area (Å²) < 4.78 is 1.77. The Morgan fingerprint density at radius 1 is 1.50 bits per heavy atom. The third-order valence-electron chi connectivity index (χ3n) is 2.72. The maximum absolute atomic E-state index is 10.7. The third-order valence-corrected chi connectivity index (χ3v) is 2.72. The van der Waals surface area contributed by atoms with Gasteiger partial charge >= 0.3 is 5.97 Å². The topological polar surface area (TPSA) is 88.2 Å². The number of carboxylic acid groups (broad SMARTS) is 1. The van der Waals surface area contributed by atoms with E-state index in [1.165, 1.54) is 0 Å². The predicted octanol–water partition coefficient (Wildman–Crippen LogP) is 1.02. The number of hydrogen-bond donors (Lipinski definition) is 2. The second-order valence-electron chi connectivity index (χ2n) is 4.52. The molecule has 18 heavy (non-hydrogen) atoms. The lowest BCUT2D eigenvalue weighted by Gasteiger charge is -2.07. The van der Waals surface area contributed by atoms with Gasteiger partial charge in [0.25, 0.3) is 0 Å². The van der Waals surface area contributed by atoms with E-state index in [1.807, 2.05) is 6.92 Å². The minimum absolute atomic E-state index is 0.0776. The van der Waals surface area contributed by atoms with Crippen molar-refractivity contribution in [2.24, 2.45) is 0 Å². The van der Waals surface area contributed by atoms with Gasteiger partial charge in [0, 0.05) is 6.54 Å². The first-order valence-electron chi connectivity index (χ1n) is 6.35. The number of aryl methyl sites for hydroxylation is 1. The Hall–Kier alpha value is -1.43. The fourth-order valence-electron chi connectivity index (χ4n) is 1.88. The highest BCUT2D eigenvalue weighted by atomic mass is 16.4. The average Bonchev–Trinajstić information content (AvgIpc) is 2.61. The van der Waals surface area contributed by atoms with Crippen LogP contribution in [0.15, 0.2) is 0 Å². The van der Waals surface area contributed by atoms with Crippen LogP contribution in [0, 0.1) is 0 Å². The summed E-state index contributed by atoms with van der Waals surface area (Å²) in [7, 11) is 0. The lowest BCUT2D eigenvalue weighted by atomic mass is 10.1. The molecular formula is C12H21N3O3. The number of hydrogen-bond acceptors (Lipinski definition) is 4. The van der Waals surface area contributed by atoms with Crippen molar-refractivity contribution in [1.82, 2.24) is 15.0 Å². The molecule has 1 unspecified atom stereocenters. The summed E-state index contributed by atoms with van der Waals surface area (Å²) in [5, 5.41) is 26.0. The molecule has 0 saturated heterocycles. The second kappa shape index (κ2) is 7.10. The molecule has 0 aromatic carbocycles. The van der Waals surface area contributed by atoms with Gasteiger partial charge in [-0.2, -0.15) is 0 Å². The molecule has 102 valence electrons. The molecule has 1 heterocycles. The van der Waals surface area contributed by atoms with Gasteiger partial charge in [-0.3, -0.25) is 4.79 Å². The highest BCUT2D eigenvalue weighted by Crippen LogP contribution is 2.11. The van der Waals surface area contributed by atoms with Gasteiger partial charge in [-0.1, -0.05) is 18.6 Å². The van der Waals surface area contributed by atoms with Crippen LogP contribution < -0.4 is 0 Å². The van der Waals surface area contributed by atoms with Crippen molar-refractivity contribution in [1.29, 1.82) is 0 Å². The van der Waals surface area contributed by atoms with Crippen molar-refractivity contribution in [3.05, 3.63) is 11.4 Å². The molecular weight excluding hydrogens is 234 g/mol. The molecule has 1 atom stereocenters. The van der Waals surface area contributed by atoms with Crippen LogP contribution in [0.1, 0.15) is 44.5 Å². The van der Waals surface area contributed by atoms with Crippen molar-refractivity contribution in [2.75, 3.05) is 0 Å². The third kappa shape index (κ3) is 4.44. The van der Waals surface area contributed by atoms with E-state index >= 15 is 0 Å². The number of carboxylic acids is 1. The molecule has 0 amide bonds. The molecule has 0 saturated carbocycles. The van der Waals surface area contributed by atoms with Gasteiger partial charge in [0.15, 0.2) is 0 Å². The summed E-state index contributed by atoms with van der Waals surface area (Å²) in [6, 6.07) is 0. The average molecular weight is 255 g/mol. The first-order chi connectivity index (χ1) is 8.54. The number of carbonyl (C=O) groups is 1. The van der Waals surface area contributed by atoms with Crippen LogP contribution in [0.3, 0.4) is 0 Å². The first kappa shape index (κ1) is 14.6. The number of aliphatic carboxylic acids is 1. The Bertz CT molecular complexity index is 388. The van der Waals surface area contributed by atoms with E-state index in [0.29, 0.717) is 18.7 Å². The van der Waals surface area contributed by atoms with Crippen LogP contribution in [-0.2, 0) is 24.2 Å². The smallest absolute Gasteiger partial charge is 0.309 e. The summed E-state index contributed by atoms with van der Waals surface area (Å²) in [5.74, 6) is -0.886. The van der Waals surface area contributed by atoms with E-state index in [9.17, 15) is 9.90 Å². The van der Waals surface area contributed by atoms with E-state index in [0.717, 1.165) is 25.0 Å². The summed E-state index contributed by atoms with van der Waals surface area (Å²) in [6.07, 6.45) is 2.83. The maximum Gasteiger partial charge on any atom is 0.309 e. The summed E-state index contributed by atoms with van der Waals surface area (Å²) in [6.45, 7) is 4.47. The molecule has 1 aromatic heterocycles. The van der Waals surface area contributed by atoms with Crippen LogP contribution in [-0.4, -0.2) is 37.3 Å². The van der Waals surface area contributed by atoms with E-state index in [1.54, 1.807) is 11.6 Å². The zero-order chi connectivity index (χ0) is 13.5. The van der Waals surface area contributed by atoms with Gasteiger partial charge in [-0.05, 0) is 26.2 Å². The van der Waals surface area contributed by atoms with Crippen molar-refractivity contribution < 1.29 is 15.0 Å². The minimum Gasteiger partial charge on any atom is -0.481 e. The monoisotopic (exact) mass is 255 g/mol. The Morgan fingerprint density at radius 3 is 2.78 bits per heavy atom. The summed E-state index contributed by atoms with van der Waals surface area (Å²) >= 11 is 0. The molecule has 0 bridgehead atoms. The van der Waals surface area contributed by atoms with Gasteiger partial charge in [0.2, 0.25) is 0 Å². The molecule has 0 aliphatic carbocycles. The van der Waals surface area contributed by atoms with E-state index < -0.39 is 5.97 Å². The first-order valence-corrected chi connectivity index (χ1v) is 6.35. The van der Waals surface area contributed by atoms with Crippen LogP contribution >= 0.6 is 0 Å². The molecule has 1 rings (SSSR count). The number of rotatable bonds is 8. The van der Waals surface area contributed by atoms with Gasteiger partial charge in [-0.15, -0.1) is 5.10 Å². The van der Waals surface area contributed by atoms with Crippen LogP contribution in [0.4, 0.5) is 0 Å². The largest absolute Gasteiger partial charge is 0.481 e. The van der Waals surface area contributed by atoms with Crippen LogP contribution in [0.2, 0.25) is 0 Å². The zero-order valence-electron chi connectivity index (χ0n) is 11.0. The number of aliphatic hydroxyl groups excluding tert-OH is 1. The molecule has 0 spiro atoms. The van der Waals surface area contributed by atoms with Crippen molar-refractivity contribution >= 4 is 5.97 Å². The predicted molar refractivity (Wildman–Crippen MR) is 66.3 cm³/mol. The fourth-order valence-corrected chi connectivity index (χ4v) is 1.88. The highest BCUT2D eigenvalue weighted by Gasteiger charge is 2.14. The Morgan fingerprint density at radius 2 is 2.22 bits per heavy atom. The van der Waals surface area contributed by atoms with E-state index in [-0.39, 0.29) is 12.5 Å². The molecule has 0 fully saturated rings. The maximum atomic E-state index is 10.7. The SMILES string of the molecule is CCCc1c(CC(=O)O)nnn1CCCC(C)O. The number of nitrogens with zero attached hydrogens (tertiary/aromatic N) is 3. The van der Waals surface area contributed by atoms with E-state index in [2.05, 4.69) is 10.3 Å². The minimum atomic E-state index is -0.886. The summed E-state index contributed by atoms with van der Waals surface area (Å²) in [4.78, 5) is 10.7. The molecule has 0 radical (unpaired) electrons. The van der Waals surface area contributed by atoms with Crippen molar-refractivity contribution in [3.8, 4) is 0 Å². The number of aromatic nitrogens is 3. The second-order valence-corrected chi connectivity index (χ2v) is 4.52. The lowest BCUT2D eigenvalue weighted by molar-refractivity contribution is -0.136. The zero-order valence-corrected chi connectivity index (χ0v) is 11.0. The van der Waals surface area contributed by atoms with Gasteiger partial charge in [0.1, 0.15) is 0 Å². The fraction of sp³-hybridized carbons (Fsp3) is 0.750. The molecule has 0 aliphatic rings. The van der Waals surface area contributed by atoms with Crippen molar-refractivity contribution in [2.45, 2.75) is 58.6 Å². The molecule has 6 nitrogen and oxygen atoms in total. The van der Waals surface area contributed by atoms with E-state index in [4.69, 9.17) is 5.11 Å². The standard InChI is InChI=1S/C12H21N3O3/c1-3-5-11-10(8-12(17)18)13-14-15(11)7-4-6-9(2)16/h9,16H,3-8H2,1-2H3,(H,17,18). The number of aliphatic hydroxyl groups is 1. The Kier molecular flexibility index (Phi) is 5.77. The summed E-state index contributed by atoms with van der Waals surface area (Å²) in [5.41, 5.74) is 1.46. The highest BCUT2D eigenvalue weighted by molar-refractivity contribution is 5.69. The van der Waals surface area contributed by atoms with Crippen molar-refractivity contribution in [3.63, 3.8) is 0 Å². The molecule has 0 aliphatic heterocycles. The van der Waals surface area contributed by atoms with Crippen LogP contribution in [0.25, 0.3) is 0 Å². The van der Waals surface area contributed by atoms with Crippen LogP contribution in [0.5, 0.6) is 0 Å². The molecule has 6 heteroatoms. The lowest BCUT2D eigenvalue weighted by Crippen LogP contribution is -2.10. The van der Waals surface area contributed by atoms with Gasteiger partial charge in [0.05, 0.1) is 23.9 Å². The Labute approximate surface area is 107 Å². The quantitative estimate of drug-likeness (QED) is 0.724. The molecule has 1 aromatic rings. The van der Waals surface area contributed by atoms with Gasteiger partial charge in [-0.25, -0.2) is 4.68 Å². The normalized spacial score (nSPS) is 12.6. The molecule has 2 N–H and O–H groups in total. The Balaban J connectivity index is 2.71.